The van der Waals surface area contributed by atoms with Crippen LogP contribution in [-0.2, 0) is 0 Å². The molecule has 18 heavy (non-hydrogen) atoms. The first-order valence-electron chi connectivity index (χ1n) is 6.77. The molecule has 3 heteroatoms. The van der Waals surface area contributed by atoms with Crippen LogP contribution in [-0.4, -0.2) is 29.0 Å². The zero-order chi connectivity index (χ0) is 13.0. The third kappa shape index (κ3) is 3.28. The average Bonchev–Trinajstić information content (AvgIpc) is 2.74. The fourth-order valence-corrected chi connectivity index (χ4v) is 4.23. The van der Waals surface area contributed by atoms with Gasteiger partial charge in [0.1, 0.15) is 0 Å². The number of aryl methyl sites for hydroxylation is 1. The third-order valence-corrected chi connectivity index (χ3v) is 4.97. The summed E-state index contributed by atoms with van der Waals surface area (Å²) in [6.45, 7) is 5.43. The van der Waals surface area contributed by atoms with Gasteiger partial charge in [0.15, 0.2) is 0 Å². The number of hydrogen-bond acceptors (Lipinski definition) is 3. The Hall–Kier alpha value is -0.510. The highest BCUT2D eigenvalue weighted by Gasteiger charge is 2.38. The predicted molar refractivity (Wildman–Crippen MR) is 78.2 cm³/mol. The van der Waals surface area contributed by atoms with Crippen LogP contribution in [0.4, 0.5) is 0 Å². The second-order valence-electron chi connectivity index (χ2n) is 5.27. The Kier molecular flexibility index (Phi) is 4.71. The summed E-state index contributed by atoms with van der Waals surface area (Å²) < 4.78 is 0. The van der Waals surface area contributed by atoms with Crippen LogP contribution in [0.25, 0.3) is 0 Å². The van der Waals surface area contributed by atoms with E-state index in [9.17, 15) is 5.11 Å². The van der Waals surface area contributed by atoms with Gasteiger partial charge < -0.3 is 10.4 Å². The van der Waals surface area contributed by atoms with Crippen LogP contribution in [0, 0.1) is 6.92 Å². The van der Waals surface area contributed by atoms with E-state index in [0.29, 0.717) is 5.25 Å². The van der Waals surface area contributed by atoms with E-state index in [1.807, 2.05) is 11.8 Å². The topological polar surface area (TPSA) is 32.3 Å². The van der Waals surface area contributed by atoms with Crippen molar-refractivity contribution in [1.82, 2.24) is 5.32 Å². The molecule has 2 rings (SSSR count). The molecule has 1 aromatic rings. The highest BCUT2D eigenvalue weighted by molar-refractivity contribution is 8.00. The zero-order valence-corrected chi connectivity index (χ0v) is 12.1. The van der Waals surface area contributed by atoms with Crippen molar-refractivity contribution < 1.29 is 5.11 Å². The molecule has 2 unspecified atom stereocenters. The quantitative estimate of drug-likeness (QED) is 0.858. The van der Waals surface area contributed by atoms with Crippen LogP contribution in [0.1, 0.15) is 31.7 Å². The first kappa shape index (κ1) is 13.9. The van der Waals surface area contributed by atoms with Crippen LogP contribution in [0.15, 0.2) is 29.2 Å². The molecular weight excluding hydrogens is 242 g/mol. The van der Waals surface area contributed by atoms with Crippen molar-refractivity contribution in [2.45, 2.75) is 48.8 Å². The van der Waals surface area contributed by atoms with Gasteiger partial charge in [-0.15, -0.1) is 11.8 Å². The number of nitrogens with one attached hydrogen (secondary N) is 1. The Labute approximate surface area is 114 Å². The lowest BCUT2D eigenvalue weighted by Crippen LogP contribution is -2.46. The summed E-state index contributed by atoms with van der Waals surface area (Å²) in [5.41, 5.74) is 1.29. The Balaban J connectivity index is 1.96. The molecule has 100 valence electrons. The molecule has 2 nitrogen and oxygen atoms in total. The minimum Gasteiger partial charge on any atom is -0.394 e. The largest absolute Gasteiger partial charge is 0.394 e. The number of aliphatic hydroxyl groups excluding tert-OH is 1. The van der Waals surface area contributed by atoms with Crippen molar-refractivity contribution in [3.8, 4) is 0 Å². The van der Waals surface area contributed by atoms with Gasteiger partial charge in [-0.2, -0.15) is 0 Å². The molecule has 1 aliphatic carbocycles. The third-order valence-electron chi connectivity index (χ3n) is 3.71. The standard InChI is InChI=1S/C15H23NOS/c1-3-16-15(11-17)8-7-14(10-15)18-13-6-4-5-12(2)9-13/h4-6,9,14,16-17H,3,7-8,10-11H2,1-2H3. The van der Waals surface area contributed by atoms with Crippen molar-refractivity contribution in [3.63, 3.8) is 0 Å². The Morgan fingerprint density at radius 3 is 3.00 bits per heavy atom. The van der Waals surface area contributed by atoms with Crippen molar-refractivity contribution >= 4 is 11.8 Å². The maximum absolute atomic E-state index is 9.60. The van der Waals surface area contributed by atoms with Crippen LogP contribution in [0.3, 0.4) is 0 Å². The number of hydrogen-bond donors (Lipinski definition) is 2. The van der Waals surface area contributed by atoms with Crippen molar-refractivity contribution in [2.24, 2.45) is 0 Å². The molecule has 0 radical (unpaired) electrons. The van der Waals surface area contributed by atoms with E-state index in [4.69, 9.17) is 0 Å². The first-order chi connectivity index (χ1) is 8.67. The van der Waals surface area contributed by atoms with E-state index in [0.717, 1.165) is 19.4 Å². The lowest BCUT2D eigenvalue weighted by Gasteiger charge is -2.28. The van der Waals surface area contributed by atoms with E-state index in [2.05, 4.69) is 43.4 Å². The lowest BCUT2D eigenvalue weighted by atomic mass is 9.99. The van der Waals surface area contributed by atoms with E-state index in [1.54, 1.807) is 0 Å². The minimum absolute atomic E-state index is 0.0315. The number of thioether (sulfide) groups is 1. The normalized spacial score (nSPS) is 27.6. The van der Waals surface area contributed by atoms with Crippen LogP contribution >= 0.6 is 11.8 Å². The first-order valence-corrected chi connectivity index (χ1v) is 7.64. The number of rotatable bonds is 5. The fraction of sp³-hybridized carbons (Fsp3) is 0.600. The molecule has 1 saturated carbocycles. The SMILES string of the molecule is CCNC1(CO)CCC(Sc2cccc(C)c2)C1. The molecule has 2 atom stereocenters. The van der Waals surface area contributed by atoms with Crippen molar-refractivity contribution in [3.05, 3.63) is 29.8 Å². The monoisotopic (exact) mass is 265 g/mol. The molecule has 1 aromatic carbocycles. The van der Waals surface area contributed by atoms with Crippen LogP contribution < -0.4 is 5.32 Å². The summed E-state index contributed by atoms with van der Waals surface area (Å²) in [6, 6.07) is 8.69. The molecule has 0 aromatic heterocycles. The number of aliphatic hydroxyl groups is 1. The van der Waals surface area contributed by atoms with E-state index in [1.165, 1.54) is 16.9 Å². The fourth-order valence-electron chi connectivity index (χ4n) is 2.79. The number of likely N-dealkylation sites (N-methyl/N-ethyl adjacent to an activating group) is 1. The molecule has 0 saturated heterocycles. The summed E-state index contributed by atoms with van der Waals surface area (Å²) in [7, 11) is 0. The van der Waals surface area contributed by atoms with E-state index >= 15 is 0 Å². The van der Waals surface area contributed by atoms with Gasteiger partial charge in [-0.3, -0.25) is 0 Å². The summed E-state index contributed by atoms with van der Waals surface area (Å²) in [5, 5.41) is 13.7. The van der Waals surface area contributed by atoms with Gasteiger partial charge in [0.05, 0.1) is 6.61 Å². The van der Waals surface area contributed by atoms with Crippen LogP contribution in [0.5, 0.6) is 0 Å². The van der Waals surface area contributed by atoms with E-state index < -0.39 is 0 Å². The number of benzene rings is 1. The molecule has 0 bridgehead atoms. The highest BCUT2D eigenvalue weighted by atomic mass is 32.2. The summed E-state index contributed by atoms with van der Waals surface area (Å²) >= 11 is 1.96. The molecule has 1 fully saturated rings. The Morgan fingerprint density at radius 1 is 1.50 bits per heavy atom. The maximum Gasteiger partial charge on any atom is 0.0613 e. The molecule has 0 amide bonds. The van der Waals surface area contributed by atoms with Crippen molar-refractivity contribution in [2.75, 3.05) is 13.2 Å². The van der Waals surface area contributed by atoms with Gasteiger partial charge in [-0.1, -0.05) is 24.6 Å². The van der Waals surface area contributed by atoms with Gasteiger partial charge in [0.25, 0.3) is 0 Å². The van der Waals surface area contributed by atoms with Crippen molar-refractivity contribution in [1.29, 1.82) is 0 Å². The predicted octanol–water partition coefficient (Wildman–Crippen LogP) is 2.98. The highest BCUT2D eigenvalue weighted by Crippen LogP contribution is 2.40. The van der Waals surface area contributed by atoms with Gasteiger partial charge >= 0.3 is 0 Å². The summed E-state index contributed by atoms with van der Waals surface area (Å²) in [6.07, 6.45) is 3.34. The molecule has 1 aliphatic rings. The van der Waals surface area contributed by atoms with Gasteiger partial charge in [0, 0.05) is 15.7 Å². The molecule has 0 spiro atoms. The zero-order valence-electron chi connectivity index (χ0n) is 11.3. The minimum atomic E-state index is -0.0315. The van der Waals surface area contributed by atoms with Gasteiger partial charge in [-0.25, -0.2) is 0 Å². The lowest BCUT2D eigenvalue weighted by molar-refractivity contribution is 0.167. The van der Waals surface area contributed by atoms with E-state index in [-0.39, 0.29) is 12.1 Å². The van der Waals surface area contributed by atoms with Gasteiger partial charge in [0.2, 0.25) is 0 Å². The molecular formula is C15H23NOS. The Bertz CT molecular complexity index is 396. The smallest absolute Gasteiger partial charge is 0.0613 e. The maximum atomic E-state index is 9.60. The van der Waals surface area contributed by atoms with Gasteiger partial charge in [-0.05, 0) is 44.9 Å². The summed E-state index contributed by atoms with van der Waals surface area (Å²) in [4.78, 5) is 1.35. The molecule has 0 heterocycles. The average molecular weight is 265 g/mol. The van der Waals surface area contributed by atoms with Crippen LogP contribution in [0.2, 0.25) is 0 Å². The second kappa shape index (κ2) is 6.09. The molecule has 0 aliphatic heterocycles. The Morgan fingerprint density at radius 2 is 2.33 bits per heavy atom. The summed E-state index contributed by atoms with van der Waals surface area (Å²) in [5.74, 6) is 0. The molecule has 2 N–H and O–H groups in total. The second-order valence-corrected chi connectivity index (χ2v) is 6.64.